The van der Waals surface area contributed by atoms with Gasteiger partial charge in [0.25, 0.3) is 0 Å². The fourth-order valence-electron chi connectivity index (χ4n) is 2.75. The highest BCUT2D eigenvalue weighted by atomic mass is 16.5. The first-order valence-corrected chi connectivity index (χ1v) is 7.52. The molecule has 0 radical (unpaired) electrons. The van der Waals surface area contributed by atoms with E-state index < -0.39 is 11.6 Å². The largest absolute Gasteiger partial charge is 0.479 e. The summed E-state index contributed by atoms with van der Waals surface area (Å²) in [5.74, 6) is -1.03. The van der Waals surface area contributed by atoms with Crippen LogP contribution in [0, 0.1) is 0 Å². The van der Waals surface area contributed by atoms with Crippen LogP contribution in [-0.4, -0.2) is 71.9 Å². The van der Waals surface area contributed by atoms with Crippen molar-refractivity contribution in [1.82, 2.24) is 9.80 Å². The number of amides is 2. The van der Waals surface area contributed by atoms with Crippen molar-refractivity contribution in [2.45, 2.75) is 18.3 Å². The maximum absolute atomic E-state index is 12.2. The van der Waals surface area contributed by atoms with Crippen LogP contribution in [0.15, 0.2) is 30.3 Å². The number of urea groups is 1. The minimum atomic E-state index is -1.25. The first-order chi connectivity index (χ1) is 11.0. The Hall–Kier alpha value is -2.12. The molecule has 7 nitrogen and oxygen atoms in total. The number of likely N-dealkylation sites (tertiary alicyclic amines) is 2. The van der Waals surface area contributed by atoms with E-state index in [0.717, 1.165) is 5.56 Å². The first-order valence-electron chi connectivity index (χ1n) is 7.52. The Morgan fingerprint density at radius 3 is 2.43 bits per heavy atom. The monoisotopic (exact) mass is 320 g/mol. The summed E-state index contributed by atoms with van der Waals surface area (Å²) in [6, 6.07) is 9.72. The molecule has 0 spiro atoms. The molecule has 1 aromatic rings. The number of ether oxygens (including phenoxy) is 2. The fraction of sp³-hybridized carbons (Fsp3) is 0.500. The topological polar surface area (TPSA) is 79.3 Å². The summed E-state index contributed by atoms with van der Waals surface area (Å²) < 4.78 is 10.8. The van der Waals surface area contributed by atoms with E-state index in [2.05, 4.69) is 0 Å². The second-order valence-corrected chi connectivity index (χ2v) is 5.97. The van der Waals surface area contributed by atoms with Gasteiger partial charge in [0.2, 0.25) is 0 Å². The molecule has 0 aromatic heterocycles. The highest BCUT2D eigenvalue weighted by molar-refractivity contribution is 5.85. The van der Waals surface area contributed by atoms with Crippen molar-refractivity contribution < 1.29 is 24.2 Å². The van der Waals surface area contributed by atoms with Gasteiger partial charge in [-0.2, -0.15) is 0 Å². The zero-order valence-corrected chi connectivity index (χ0v) is 13.0. The van der Waals surface area contributed by atoms with Gasteiger partial charge in [-0.3, -0.25) is 0 Å². The van der Waals surface area contributed by atoms with Crippen molar-refractivity contribution in [3.05, 3.63) is 35.9 Å². The maximum Gasteiger partial charge on any atom is 0.339 e. The summed E-state index contributed by atoms with van der Waals surface area (Å²) >= 11 is 0. The number of benzene rings is 1. The summed E-state index contributed by atoms with van der Waals surface area (Å²) in [4.78, 5) is 26.5. The van der Waals surface area contributed by atoms with Gasteiger partial charge < -0.3 is 24.4 Å². The number of nitrogens with zero attached hydrogens (tertiary/aromatic N) is 2. The lowest BCUT2D eigenvalue weighted by atomic mass is 9.94. The van der Waals surface area contributed by atoms with Gasteiger partial charge in [-0.05, 0) is 5.56 Å². The molecule has 2 fully saturated rings. The van der Waals surface area contributed by atoms with Crippen molar-refractivity contribution in [2.75, 3.05) is 33.3 Å². The van der Waals surface area contributed by atoms with Crippen LogP contribution in [-0.2, 0) is 20.9 Å². The van der Waals surface area contributed by atoms with Gasteiger partial charge in [-0.1, -0.05) is 30.3 Å². The van der Waals surface area contributed by atoms with E-state index in [-0.39, 0.29) is 25.2 Å². The average Bonchev–Trinajstić information content (AvgIpc) is 2.45. The minimum Gasteiger partial charge on any atom is -0.479 e. The Labute approximate surface area is 134 Å². The molecule has 2 aliphatic rings. The molecule has 0 unspecified atom stereocenters. The summed E-state index contributed by atoms with van der Waals surface area (Å²) in [7, 11) is 1.35. The number of aliphatic carboxylic acids is 1. The summed E-state index contributed by atoms with van der Waals surface area (Å²) in [6.45, 7) is 1.78. The first kappa shape index (κ1) is 15.8. The molecule has 2 saturated heterocycles. The second-order valence-electron chi connectivity index (χ2n) is 5.97. The summed E-state index contributed by atoms with van der Waals surface area (Å²) in [5, 5.41) is 9.12. The van der Waals surface area contributed by atoms with Crippen molar-refractivity contribution >= 4 is 12.0 Å². The fourth-order valence-corrected chi connectivity index (χ4v) is 2.75. The predicted octanol–water partition coefficient (Wildman–Crippen LogP) is 0.793. The zero-order chi connectivity index (χ0) is 16.4. The molecule has 0 bridgehead atoms. The van der Waals surface area contributed by atoms with E-state index in [4.69, 9.17) is 14.6 Å². The molecule has 0 saturated carbocycles. The molecular formula is C16H20N2O5. The van der Waals surface area contributed by atoms with E-state index in [1.807, 2.05) is 30.3 Å². The van der Waals surface area contributed by atoms with Crippen molar-refractivity contribution in [1.29, 1.82) is 0 Å². The van der Waals surface area contributed by atoms with Crippen molar-refractivity contribution in [2.24, 2.45) is 0 Å². The van der Waals surface area contributed by atoms with E-state index in [0.29, 0.717) is 19.7 Å². The maximum atomic E-state index is 12.2. The van der Waals surface area contributed by atoms with Crippen molar-refractivity contribution in [3.63, 3.8) is 0 Å². The molecule has 124 valence electrons. The second kappa shape index (κ2) is 6.17. The van der Waals surface area contributed by atoms with Crippen LogP contribution in [0.25, 0.3) is 0 Å². The number of carboxylic acids is 1. The van der Waals surface area contributed by atoms with E-state index >= 15 is 0 Å². The Bertz CT molecular complexity index is 579. The molecule has 2 aliphatic heterocycles. The van der Waals surface area contributed by atoms with Gasteiger partial charge in [0.1, 0.15) is 0 Å². The lowest BCUT2D eigenvalue weighted by Gasteiger charge is -2.49. The van der Waals surface area contributed by atoms with Gasteiger partial charge in [-0.25, -0.2) is 9.59 Å². The van der Waals surface area contributed by atoms with Crippen LogP contribution < -0.4 is 0 Å². The number of carbonyl (C=O) groups excluding carboxylic acids is 1. The molecule has 23 heavy (non-hydrogen) atoms. The summed E-state index contributed by atoms with van der Waals surface area (Å²) in [6.07, 6.45) is 0.0343. The van der Waals surface area contributed by atoms with Crippen LogP contribution in [0.4, 0.5) is 4.79 Å². The number of hydrogen-bond donors (Lipinski definition) is 1. The van der Waals surface area contributed by atoms with E-state index in [1.54, 1.807) is 4.90 Å². The third-order valence-corrected chi connectivity index (χ3v) is 4.39. The van der Waals surface area contributed by atoms with Gasteiger partial charge in [-0.15, -0.1) is 0 Å². The minimum absolute atomic E-state index is 0.0343. The SMILES string of the molecule is COC1(C(=O)O)CN(C(=O)N2CC(OCc3ccccc3)C2)C1. The van der Waals surface area contributed by atoms with Gasteiger partial charge in [0.05, 0.1) is 38.9 Å². The standard InChI is InChI=1S/C16H20N2O5/c1-22-16(14(19)20)10-18(11-16)15(21)17-7-13(8-17)23-9-12-5-3-2-4-6-12/h2-6,13H,7-11H2,1H3,(H,19,20). The van der Waals surface area contributed by atoms with E-state index in [1.165, 1.54) is 12.0 Å². The number of methoxy groups -OCH3 is 1. The normalized spacial score (nSPS) is 19.9. The lowest BCUT2D eigenvalue weighted by molar-refractivity contribution is -0.181. The third-order valence-electron chi connectivity index (χ3n) is 4.39. The smallest absolute Gasteiger partial charge is 0.339 e. The number of carboxylic acid groups (broad SMARTS) is 1. The molecule has 0 atom stereocenters. The van der Waals surface area contributed by atoms with Crippen LogP contribution in [0.2, 0.25) is 0 Å². The van der Waals surface area contributed by atoms with Crippen LogP contribution in [0.1, 0.15) is 5.56 Å². The highest BCUT2D eigenvalue weighted by Crippen LogP contribution is 2.27. The lowest BCUT2D eigenvalue weighted by Crippen LogP contribution is -2.71. The number of carbonyl (C=O) groups is 2. The third kappa shape index (κ3) is 3.02. The Morgan fingerprint density at radius 1 is 1.22 bits per heavy atom. The van der Waals surface area contributed by atoms with Gasteiger partial charge >= 0.3 is 12.0 Å². The molecule has 1 aromatic carbocycles. The van der Waals surface area contributed by atoms with Gasteiger partial charge in [0.15, 0.2) is 5.60 Å². The summed E-state index contributed by atoms with van der Waals surface area (Å²) in [5.41, 5.74) is -0.143. The Balaban J connectivity index is 1.40. The molecule has 1 N–H and O–H groups in total. The number of rotatable bonds is 5. The van der Waals surface area contributed by atoms with Crippen LogP contribution in [0.3, 0.4) is 0 Å². The van der Waals surface area contributed by atoms with Gasteiger partial charge in [0, 0.05) is 7.11 Å². The predicted molar refractivity (Wildman–Crippen MR) is 80.9 cm³/mol. The van der Waals surface area contributed by atoms with E-state index in [9.17, 15) is 9.59 Å². The molecule has 2 heterocycles. The molecular weight excluding hydrogens is 300 g/mol. The number of hydrogen-bond acceptors (Lipinski definition) is 4. The van der Waals surface area contributed by atoms with Crippen LogP contribution in [0.5, 0.6) is 0 Å². The molecule has 0 aliphatic carbocycles. The Kier molecular flexibility index (Phi) is 4.23. The zero-order valence-electron chi connectivity index (χ0n) is 13.0. The Morgan fingerprint density at radius 2 is 1.87 bits per heavy atom. The average molecular weight is 320 g/mol. The molecule has 7 heteroatoms. The van der Waals surface area contributed by atoms with Crippen LogP contribution >= 0.6 is 0 Å². The molecule has 2 amide bonds. The molecule has 3 rings (SSSR count). The highest BCUT2D eigenvalue weighted by Gasteiger charge is 2.53. The quantitative estimate of drug-likeness (QED) is 0.868. The van der Waals surface area contributed by atoms with Crippen molar-refractivity contribution in [3.8, 4) is 0 Å².